The third-order valence-electron chi connectivity index (χ3n) is 6.01. The molecular weight excluding hydrogens is 374 g/mol. The Hall–Kier alpha value is -4.10. The van der Waals surface area contributed by atoms with Crippen LogP contribution in [0.25, 0.3) is 49.7 Å². The zero-order valence-electron chi connectivity index (χ0n) is 17.1. The van der Waals surface area contributed by atoms with Crippen molar-refractivity contribution in [2.24, 2.45) is 0 Å². The topological polar surface area (TPSA) is 4.93 Å². The molecule has 6 rings (SSSR count). The summed E-state index contributed by atoms with van der Waals surface area (Å²) in [6, 6.07) is 45.4. The summed E-state index contributed by atoms with van der Waals surface area (Å²) in [6.45, 7) is 0. The number of rotatable bonds is 3. The van der Waals surface area contributed by atoms with Crippen molar-refractivity contribution in [2.75, 3.05) is 0 Å². The molecule has 146 valence electrons. The van der Waals surface area contributed by atoms with Gasteiger partial charge in [-0.05, 0) is 52.6 Å². The third-order valence-corrected chi connectivity index (χ3v) is 6.01. The number of para-hydroxylation sites is 2. The number of hydrogen-bond donors (Lipinski definition) is 0. The zero-order valence-corrected chi connectivity index (χ0v) is 17.1. The molecule has 0 aliphatic heterocycles. The minimum Gasteiger partial charge on any atom is -0.309 e. The van der Waals surface area contributed by atoms with Crippen molar-refractivity contribution in [3.63, 3.8) is 0 Å². The molecule has 1 heteroatoms. The van der Waals surface area contributed by atoms with E-state index < -0.39 is 0 Å². The summed E-state index contributed by atoms with van der Waals surface area (Å²) in [6.07, 6.45) is 0. The molecule has 0 radical (unpaired) electrons. The van der Waals surface area contributed by atoms with Gasteiger partial charge in [-0.25, -0.2) is 0 Å². The third kappa shape index (κ3) is 2.94. The van der Waals surface area contributed by atoms with E-state index in [1.54, 1.807) is 0 Å². The molecule has 1 aromatic heterocycles. The van der Waals surface area contributed by atoms with E-state index in [4.69, 9.17) is 0 Å². The van der Waals surface area contributed by atoms with Crippen LogP contribution in [0.2, 0.25) is 0 Å². The van der Waals surface area contributed by atoms with E-state index in [9.17, 15) is 0 Å². The van der Waals surface area contributed by atoms with Crippen molar-refractivity contribution in [2.45, 2.75) is 0 Å². The number of benzene rings is 5. The van der Waals surface area contributed by atoms with E-state index in [1.807, 2.05) is 0 Å². The summed E-state index contributed by atoms with van der Waals surface area (Å²) in [4.78, 5) is 0. The molecule has 0 spiro atoms. The molecule has 6 aromatic rings. The van der Waals surface area contributed by atoms with E-state index in [1.165, 1.54) is 49.7 Å². The van der Waals surface area contributed by atoms with Crippen LogP contribution >= 0.6 is 0 Å². The Morgan fingerprint density at radius 3 is 1.74 bits per heavy atom. The smallest absolute Gasteiger partial charge is 0.0541 e. The molecule has 0 fully saturated rings. The van der Waals surface area contributed by atoms with Gasteiger partial charge in [-0.2, -0.15) is 0 Å². The van der Waals surface area contributed by atoms with Crippen molar-refractivity contribution in [3.8, 4) is 27.9 Å². The van der Waals surface area contributed by atoms with Crippen LogP contribution in [0.15, 0.2) is 127 Å². The predicted octanol–water partition coefficient (Wildman–Crippen LogP) is 8.12. The molecule has 0 bridgehead atoms. The van der Waals surface area contributed by atoms with Gasteiger partial charge in [0, 0.05) is 16.5 Å². The van der Waals surface area contributed by atoms with Crippen LogP contribution < -0.4 is 0 Å². The lowest BCUT2D eigenvalue weighted by molar-refractivity contribution is 1.18. The largest absolute Gasteiger partial charge is 0.309 e. The highest BCUT2D eigenvalue weighted by Gasteiger charge is 2.14. The van der Waals surface area contributed by atoms with Crippen molar-refractivity contribution in [1.82, 2.24) is 4.57 Å². The molecule has 31 heavy (non-hydrogen) atoms. The Labute approximate surface area is 181 Å². The van der Waals surface area contributed by atoms with Gasteiger partial charge in [-0.1, -0.05) is 97.1 Å². The minimum atomic E-state index is 1.19. The second kappa shape index (κ2) is 7.30. The van der Waals surface area contributed by atoms with E-state index >= 15 is 0 Å². The molecule has 0 amide bonds. The van der Waals surface area contributed by atoms with Gasteiger partial charge in [0.05, 0.1) is 11.0 Å². The molecule has 1 heterocycles. The predicted molar refractivity (Wildman–Crippen MR) is 132 cm³/mol. The maximum Gasteiger partial charge on any atom is 0.0541 e. The Bertz CT molecular complexity index is 1510. The summed E-state index contributed by atoms with van der Waals surface area (Å²) in [5, 5.41) is 2.56. The lowest BCUT2D eigenvalue weighted by Gasteiger charge is -2.11. The fourth-order valence-corrected chi connectivity index (χ4v) is 4.60. The summed E-state index contributed by atoms with van der Waals surface area (Å²) in [5.74, 6) is 0. The molecule has 0 aliphatic carbocycles. The standard InChI is InChI=1S/C30H21N/c1-3-11-22(12-4-1)25-15-7-8-16-26(25)23-19-20-30-28(21-23)27-17-9-10-18-29(27)31(30)24-13-5-2-6-14-24/h1-21H. The molecular formula is C30H21N. The molecule has 1 nitrogen and oxygen atoms in total. The van der Waals surface area contributed by atoms with E-state index in [-0.39, 0.29) is 0 Å². The molecule has 0 atom stereocenters. The van der Waals surface area contributed by atoms with Gasteiger partial charge >= 0.3 is 0 Å². The first-order valence-electron chi connectivity index (χ1n) is 10.6. The van der Waals surface area contributed by atoms with Crippen LogP contribution in [0.1, 0.15) is 0 Å². The van der Waals surface area contributed by atoms with Crippen LogP contribution in [-0.2, 0) is 0 Å². The highest BCUT2D eigenvalue weighted by molar-refractivity contribution is 6.10. The maximum absolute atomic E-state index is 2.36. The molecule has 0 saturated carbocycles. The SMILES string of the molecule is c1ccc(-c2ccccc2-c2ccc3c(c2)c2ccccc2n3-c2ccccc2)cc1. The van der Waals surface area contributed by atoms with Gasteiger partial charge in [-0.15, -0.1) is 0 Å². The first kappa shape index (κ1) is 17.7. The molecule has 0 saturated heterocycles. The maximum atomic E-state index is 2.36. The van der Waals surface area contributed by atoms with Gasteiger partial charge in [0.15, 0.2) is 0 Å². The Morgan fingerprint density at radius 2 is 0.968 bits per heavy atom. The monoisotopic (exact) mass is 395 g/mol. The Balaban J connectivity index is 1.62. The summed E-state index contributed by atoms with van der Waals surface area (Å²) >= 11 is 0. The zero-order chi connectivity index (χ0) is 20.6. The Morgan fingerprint density at radius 1 is 0.387 bits per heavy atom. The second-order valence-electron chi connectivity index (χ2n) is 7.83. The molecule has 0 N–H and O–H groups in total. The second-order valence-corrected chi connectivity index (χ2v) is 7.83. The number of nitrogens with zero attached hydrogens (tertiary/aromatic N) is 1. The molecule has 0 aliphatic rings. The lowest BCUT2D eigenvalue weighted by atomic mass is 9.94. The summed E-state index contributed by atoms with van der Waals surface area (Å²) in [7, 11) is 0. The fourth-order valence-electron chi connectivity index (χ4n) is 4.60. The summed E-state index contributed by atoms with van der Waals surface area (Å²) < 4.78 is 2.36. The average molecular weight is 396 g/mol. The molecule has 5 aromatic carbocycles. The van der Waals surface area contributed by atoms with E-state index in [0.717, 1.165) is 0 Å². The highest BCUT2D eigenvalue weighted by Crippen LogP contribution is 2.37. The molecule has 0 unspecified atom stereocenters. The Kier molecular flexibility index (Phi) is 4.18. The summed E-state index contributed by atoms with van der Waals surface area (Å²) in [5.41, 5.74) is 8.64. The van der Waals surface area contributed by atoms with Gasteiger partial charge in [0.2, 0.25) is 0 Å². The lowest BCUT2D eigenvalue weighted by Crippen LogP contribution is -1.93. The fraction of sp³-hybridized carbons (Fsp3) is 0. The number of fused-ring (bicyclic) bond motifs is 3. The number of hydrogen-bond acceptors (Lipinski definition) is 0. The van der Waals surface area contributed by atoms with Crippen LogP contribution in [0.5, 0.6) is 0 Å². The highest BCUT2D eigenvalue weighted by atomic mass is 15.0. The van der Waals surface area contributed by atoms with Crippen LogP contribution in [0, 0.1) is 0 Å². The van der Waals surface area contributed by atoms with E-state index in [2.05, 4.69) is 132 Å². The normalized spacial score (nSPS) is 11.2. The first-order chi connectivity index (χ1) is 15.4. The van der Waals surface area contributed by atoms with Crippen LogP contribution in [0.4, 0.5) is 0 Å². The van der Waals surface area contributed by atoms with Crippen LogP contribution in [0.3, 0.4) is 0 Å². The van der Waals surface area contributed by atoms with Gasteiger partial charge in [0.25, 0.3) is 0 Å². The first-order valence-corrected chi connectivity index (χ1v) is 10.6. The van der Waals surface area contributed by atoms with Crippen LogP contribution in [-0.4, -0.2) is 4.57 Å². The van der Waals surface area contributed by atoms with Crippen molar-refractivity contribution >= 4 is 21.8 Å². The average Bonchev–Trinajstić information content (AvgIpc) is 3.19. The van der Waals surface area contributed by atoms with Gasteiger partial charge in [0.1, 0.15) is 0 Å². The van der Waals surface area contributed by atoms with E-state index in [0.29, 0.717) is 0 Å². The minimum absolute atomic E-state index is 1.19. The quantitative estimate of drug-likeness (QED) is 0.285. The van der Waals surface area contributed by atoms with Crippen molar-refractivity contribution < 1.29 is 0 Å². The van der Waals surface area contributed by atoms with Crippen molar-refractivity contribution in [3.05, 3.63) is 127 Å². The van der Waals surface area contributed by atoms with Gasteiger partial charge in [-0.3, -0.25) is 0 Å². The van der Waals surface area contributed by atoms with Gasteiger partial charge < -0.3 is 4.57 Å². The number of aromatic nitrogens is 1. The van der Waals surface area contributed by atoms with Crippen molar-refractivity contribution in [1.29, 1.82) is 0 Å².